The summed E-state index contributed by atoms with van der Waals surface area (Å²) < 4.78 is 88.9. The standard InChI is InChI=1S/C20H30F5NO5Si/c1-11(2)29-32(30-12(3)4,31-13(5)6)10-8-7-9-26-20(27)28-19-17(24)15(22)14(21)16(23)18(19)25/h11-13H,7-10H2,1-6H3,(H,26,27). The summed E-state index contributed by atoms with van der Waals surface area (Å²) >= 11 is 0. The van der Waals surface area contributed by atoms with Gasteiger partial charge in [-0.2, -0.15) is 8.78 Å². The van der Waals surface area contributed by atoms with Crippen molar-refractivity contribution in [2.24, 2.45) is 0 Å². The van der Waals surface area contributed by atoms with Crippen molar-refractivity contribution in [1.82, 2.24) is 5.32 Å². The highest BCUT2D eigenvalue weighted by atomic mass is 28.4. The van der Waals surface area contributed by atoms with Crippen LogP contribution in [0.2, 0.25) is 6.04 Å². The average Bonchev–Trinajstić information content (AvgIpc) is 2.66. The highest BCUT2D eigenvalue weighted by Gasteiger charge is 2.43. The zero-order chi connectivity index (χ0) is 24.6. The zero-order valence-corrected chi connectivity index (χ0v) is 20.0. The monoisotopic (exact) mass is 487 g/mol. The Morgan fingerprint density at radius 3 is 1.56 bits per heavy atom. The predicted octanol–water partition coefficient (Wildman–Crippen LogP) is 5.46. The number of amides is 1. The summed E-state index contributed by atoms with van der Waals surface area (Å²) in [6.07, 6.45) is -0.838. The Morgan fingerprint density at radius 2 is 1.16 bits per heavy atom. The number of halogens is 5. The molecule has 1 amide bonds. The number of rotatable bonds is 12. The fourth-order valence-corrected chi connectivity index (χ4v) is 6.16. The molecular weight excluding hydrogens is 457 g/mol. The molecule has 0 spiro atoms. The molecule has 0 radical (unpaired) electrons. The molecule has 0 bridgehead atoms. The highest BCUT2D eigenvalue weighted by molar-refractivity contribution is 6.60. The first-order chi connectivity index (χ1) is 14.8. The van der Waals surface area contributed by atoms with E-state index in [1.54, 1.807) is 0 Å². The molecule has 1 rings (SSSR count). The zero-order valence-electron chi connectivity index (χ0n) is 19.0. The molecule has 0 heterocycles. The number of hydrogen-bond donors (Lipinski definition) is 1. The summed E-state index contributed by atoms with van der Waals surface area (Å²) in [5, 5.41) is 2.21. The third-order valence-corrected chi connectivity index (χ3v) is 7.25. The lowest BCUT2D eigenvalue weighted by Gasteiger charge is -2.34. The number of hydrogen-bond acceptors (Lipinski definition) is 5. The van der Waals surface area contributed by atoms with Gasteiger partial charge in [0.15, 0.2) is 0 Å². The van der Waals surface area contributed by atoms with Gasteiger partial charge in [-0.05, 0) is 54.4 Å². The van der Waals surface area contributed by atoms with Crippen LogP contribution >= 0.6 is 0 Å². The number of benzene rings is 1. The van der Waals surface area contributed by atoms with Crippen LogP contribution in [0.25, 0.3) is 0 Å². The molecule has 32 heavy (non-hydrogen) atoms. The summed E-state index contributed by atoms with van der Waals surface area (Å²) in [5.74, 6) is -12.9. The van der Waals surface area contributed by atoms with Crippen molar-refractivity contribution >= 4 is 14.9 Å². The second-order valence-electron chi connectivity index (χ2n) is 7.86. The molecule has 12 heteroatoms. The van der Waals surface area contributed by atoms with Gasteiger partial charge in [0, 0.05) is 30.9 Å². The third kappa shape index (κ3) is 8.30. The molecule has 1 N–H and O–H groups in total. The molecule has 0 aliphatic heterocycles. The lowest BCUT2D eigenvalue weighted by Crippen LogP contribution is -2.50. The normalized spacial score (nSPS) is 12.2. The Morgan fingerprint density at radius 1 is 0.750 bits per heavy atom. The highest BCUT2D eigenvalue weighted by Crippen LogP contribution is 2.29. The molecule has 0 saturated carbocycles. The van der Waals surface area contributed by atoms with Crippen molar-refractivity contribution in [2.45, 2.75) is 78.7 Å². The van der Waals surface area contributed by atoms with Crippen molar-refractivity contribution in [3.8, 4) is 5.75 Å². The molecule has 1 aromatic carbocycles. The Balaban J connectivity index is 2.67. The van der Waals surface area contributed by atoms with Gasteiger partial charge in [0.1, 0.15) is 0 Å². The first kappa shape index (κ1) is 28.3. The molecule has 6 nitrogen and oxygen atoms in total. The van der Waals surface area contributed by atoms with Crippen LogP contribution in [-0.2, 0) is 13.3 Å². The van der Waals surface area contributed by atoms with Crippen LogP contribution in [0.4, 0.5) is 26.7 Å². The molecule has 0 aliphatic carbocycles. The van der Waals surface area contributed by atoms with E-state index in [0.717, 1.165) is 0 Å². The molecule has 184 valence electrons. The summed E-state index contributed by atoms with van der Waals surface area (Å²) in [6.45, 7) is 11.2. The van der Waals surface area contributed by atoms with Gasteiger partial charge in [-0.3, -0.25) is 0 Å². The first-order valence-corrected chi connectivity index (χ1v) is 12.2. The Hall–Kier alpha value is -1.76. The number of unbranched alkanes of at least 4 members (excludes halogenated alkanes) is 1. The van der Waals surface area contributed by atoms with Crippen LogP contribution in [0.5, 0.6) is 5.75 Å². The molecule has 0 unspecified atom stereocenters. The molecule has 0 fully saturated rings. The van der Waals surface area contributed by atoms with Crippen LogP contribution in [-0.4, -0.2) is 39.8 Å². The van der Waals surface area contributed by atoms with Crippen LogP contribution in [0, 0.1) is 29.1 Å². The van der Waals surface area contributed by atoms with E-state index in [4.69, 9.17) is 13.3 Å². The van der Waals surface area contributed by atoms with Crippen LogP contribution in [0.15, 0.2) is 0 Å². The quantitative estimate of drug-likeness (QED) is 0.139. The van der Waals surface area contributed by atoms with Crippen LogP contribution in [0.3, 0.4) is 0 Å². The lowest BCUT2D eigenvalue weighted by molar-refractivity contribution is 0.00283. The largest absolute Gasteiger partial charge is 0.501 e. The minimum Gasteiger partial charge on any atom is -0.404 e. The maximum absolute atomic E-state index is 13.6. The van der Waals surface area contributed by atoms with Crippen molar-refractivity contribution in [2.75, 3.05) is 6.54 Å². The van der Waals surface area contributed by atoms with Crippen molar-refractivity contribution < 1.29 is 44.8 Å². The van der Waals surface area contributed by atoms with E-state index in [2.05, 4.69) is 10.1 Å². The van der Waals surface area contributed by atoms with Gasteiger partial charge >= 0.3 is 14.9 Å². The molecular formula is C20H30F5NO5Si. The Kier molecular flexibility index (Phi) is 11.0. The first-order valence-electron chi connectivity index (χ1n) is 10.3. The SMILES string of the molecule is CC(C)O[Si](CCCCNC(=O)Oc1c(F)c(F)c(F)c(F)c1F)(OC(C)C)OC(C)C. The fraction of sp³-hybridized carbons (Fsp3) is 0.650. The molecule has 0 saturated heterocycles. The van der Waals surface area contributed by atoms with Gasteiger partial charge in [0.2, 0.25) is 34.8 Å². The van der Waals surface area contributed by atoms with E-state index in [1.807, 2.05) is 41.5 Å². The molecule has 0 atom stereocenters. The second kappa shape index (κ2) is 12.5. The number of carbonyl (C=O) groups excluding carboxylic acids is 1. The fourth-order valence-electron chi connectivity index (χ4n) is 2.80. The Bertz CT molecular complexity index is 724. The number of ether oxygens (including phenoxy) is 1. The summed E-state index contributed by atoms with van der Waals surface area (Å²) in [7, 11) is -3.02. The molecule has 1 aromatic rings. The van der Waals surface area contributed by atoms with Crippen molar-refractivity contribution in [3.05, 3.63) is 29.1 Å². The van der Waals surface area contributed by atoms with Gasteiger partial charge in [-0.15, -0.1) is 0 Å². The van der Waals surface area contributed by atoms with Gasteiger partial charge in [-0.1, -0.05) is 0 Å². The average molecular weight is 488 g/mol. The summed E-state index contributed by atoms with van der Waals surface area (Å²) in [5.41, 5.74) is 0. The number of nitrogens with one attached hydrogen (secondary N) is 1. The van der Waals surface area contributed by atoms with E-state index in [0.29, 0.717) is 18.9 Å². The minimum absolute atomic E-state index is 0.0176. The van der Waals surface area contributed by atoms with Gasteiger partial charge < -0.3 is 23.3 Å². The topological polar surface area (TPSA) is 66.0 Å². The summed E-state index contributed by atoms with van der Waals surface area (Å²) in [4.78, 5) is 11.8. The minimum atomic E-state index is -3.02. The molecule has 0 aliphatic rings. The lowest BCUT2D eigenvalue weighted by atomic mass is 10.2. The maximum atomic E-state index is 13.6. The number of carbonyl (C=O) groups is 1. The van der Waals surface area contributed by atoms with E-state index in [1.165, 1.54) is 0 Å². The van der Waals surface area contributed by atoms with E-state index >= 15 is 0 Å². The van der Waals surface area contributed by atoms with E-state index in [-0.39, 0.29) is 24.9 Å². The third-order valence-electron chi connectivity index (χ3n) is 3.79. The van der Waals surface area contributed by atoms with Crippen molar-refractivity contribution in [3.63, 3.8) is 0 Å². The second-order valence-corrected chi connectivity index (χ2v) is 10.4. The van der Waals surface area contributed by atoms with E-state index < -0.39 is 49.7 Å². The van der Waals surface area contributed by atoms with Crippen molar-refractivity contribution in [1.29, 1.82) is 0 Å². The molecule has 0 aromatic heterocycles. The van der Waals surface area contributed by atoms with E-state index in [9.17, 15) is 26.7 Å². The van der Waals surface area contributed by atoms with Gasteiger partial charge in [0.25, 0.3) is 0 Å². The van der Waals surface area contributed by atoms with Gasteiger partial charge in [0.05, 0.1) is 0 Å². The Labute approximate surface area is 185 Å². The summed E-state index contributed by atoms with van der Waals surface area (Å²) in [6, 6.07) is 0.454. The predicted molar refractivity (Wildman–Crippen MR) is 109 cm³/mol. The van der Waals surface area contributed by atoms with Crippen LogP contribution < -0.4 is 10.1 Å². The smallest absolute Gasteiger partial charge is 0.404 e. The van der Waals surface area contributed by atoms with Crippen LogP contribution in [0.1, 0.15) is 54.4 Å². The van der Waals surface area contributed by atoms with Gasteiger partial charge in [-0.25, -0.2) is 18.0 Å². The maximum Gasteiger partial charge on any atom is 0.501 e.